The summed E-state index contributed by atoms with van der Waals surface area (Å²) in [5, 5.41) is 0.381. The van der Waals surface area contributed by atoms with Gasteiger partial charge in [-0.15, -0.1) is 11.6 Å². The zero-order chi connectivity index (χ0) is 10.8. The van der Waals surface area contributed by atoms with Gasteiger partial charge in [-0.3, -0.25) is 0 Å². The molecule has 0 saturated heterocycles. The van der Waals surface area contributed by atoms with Crippen LogP contribution < -0.4 is 0 Å². The third-order valence-electron chi connectivity index (χ3n) is 1.39. The van der Waals surface area contributed by atoms with Crippen molar-refractivity contribution in [1.82, 2.24) is 0 Å². The van der Waals surface area contributed by atoms with E-state index in [9.17, 15) is 13.2 Å². The molecule has 0 radical (unpaired) electrons. The summed E-state index contributed by atoms with van der Waals surface area (Å²) in [6.45, 7) is 0. The quantitative estimate of drug-likeness (QED) is 0.549. The topological polar surface area (TPSA) is 0 Å². The second kappa shape index (κ2) is 4.64. The Labute approximate surface area is 93.4 Å². The maximum atomic E-state index is 12.0. The molecule has 6 heteroatoms. The summed E-state index contributed by atoms with van der Waals surface area (Å²) in [4.78, 5) is 0.0950. The Balaban J connectivity index is 2.90. The van der Waals surface area contributed by atoms with E-state index in [1.807, 2.05) is 0 Å². The van der Waals surface area contributed by atoms with Crippen LogP contribution in [0.4, 0.5) is 13.2 Å². The fourth-order valence-electron chi connectivity index (χ4n) is 0.851. The van der Waals surface area contributed by atoms with Crippen LogP contribution in [0.3, 0.4) is 0 Å². The lowest BCUT2D eigenvalue weighted by Crippen LogP contribution is -1.99. The smallest absolute Gasteiger partial charge is 0.160 e. The highest BCUT2D eigenvalue weighted by molar-refractivity contribution is 8.00. The molecule has 78 valence electrons. The highest BCUT2D eigenvalue weighted by Crippen LogP contribution is 2.38. The lowest BCUT2D eigenvalue weighted by Gasteiger charge is -2.07. The van der Waals surface area contributed by atoms with Gasteiger partial charge in [0.15, 0.2) is 0 Å². The SMILES string of the molecule is FC(F)(F)Sc1ccc(Cl)c(CCl)c1. The van der Waals surface area contributed by atoms with Gasteiger partial charge in [0.2, 0.25) is 0 Å². The largest absolute Gasteiger partial charge is 0.446 e. The lowest BCUT2D eigenvalue weighted by atomic mass is 10.2. The third-order valence-corrected chi connectivity index (χ3v) is 2.77. The fourth-order valence-corrected chi connectivity index (χ4v) is 1.93. The number of alkyl halides is 4. The molecule has 0 nitrogen and oxygen atoms in total. The van der Waals surface area contributed by atoms with Crippen molar-refractivity contribution in [2.75, 3.05) is 0 Å². The van der Waals surface area contributed by atoms with E-state index in [-0.39, 0.29) is 22.5 Å². The van der Waals surface area contributed by atoms with Gasteiger partial charge in [0, 0.05) is 15.8 Å². The zero-order valence-electron chi connectivity index (χ0n) is 6.74. The first kappa shape index (κ1) is 12.0. The van der Waals surface area contributed by atoms with Crippen LogP contribution in [-0.4, -0.2) is 5.51 Å². The van der Waals surface area contributed by atoms with E-state index in [0.717, 1.165) is 0 Å². The number of thioether (sulfide) groups is 1. The van der Waals surface area contributed by atoms with Crippen molar-refractivity contribution in [3.8, 4) is 0 Å². The van der Waals surface area contributed by atoms with Crippen LogP contribution in [0.15, 0.2) is 23.1 Å². The molecule has 0 N–H and O–H groups in total. The molecule has 0 aliphatic heterocycles. The molecule has 0 amide bonds. The number of rotatable bonds is 2. The van der Waals surface area contributed by atoms with Gasteiger partial charge < -0.3 is 0 Å². The van der Waals surface area contributed by atoms with Crippen LogP contribution in [0, 0.1) is 0 Å². The van der Waals surface area contributed by atoms with Crippen LogP contribution in [0.25, 0.3) is 0 Å². The Kier molecular flexibility index (Phi) is 3.98. The van der Waals surface area contributed by atoms with E-state index < -0.39 is 5.51 Å². The van der Waals surface area contributed by atoms with Crippen molar-refractivity contribution in [3.05, 3.63) is 28.8 Å². The van der Waals surface area contributed by atoms with Crippen LogP contribution in [-0.2, 0) is 5.88 Å². The second-order valence-electron chi connectivity index (χ2n) is 2.43. The first-order valence-electron chi connectivity index (χ1n) is 3.52. The summed E-state index contributed by atoms with van der Waals surface area (Å²) in [5.74, 6) is 0.102. The maximum absolute atomic E-state index is 12.0. The van der Waals surface area contributed by atoms with Gasteiger partial charge in [0.1, 0.15) is 0 Å². The van der Waals surface area contributed by atoms with Crippen molar-refractivity contribution in [3.63, 3.8) is 0 Å². The van der Waals surface area contributed by atoms with E-state index in [1.54, 1.807) is 0 Å². The minimum atomic E-state index is -4.28. The van der Waals surface area contributed by atoms with Crippen molar-refractivity contribution in [2.24, 2.45) is 0 Å². The summed E-state index contributed by atoms with van der Waals surface area (Å²) >= 11 is 11.0. The Hall–Kier alpha value is -0.0600. The van der Waals surface area contributed by atoms with Gasteiger partial charge in [-0.25, -0.2) is 0 Å². The predicted molar refractivity (Wildman–Crippen MR) is 52.9 cm³/mol. The highest BCUT2D eigenvalue weighted by Gasteiger charge is 2.29. The van der Waals surface area contributed by atoms with Crippen molar-refractivity contribution in [2.45, 2.75) is 16.3 Å². The molecule has 1 aromatic rings. The van der Waals surface area contributed by atoms with E-state index in [0.29, 0.717) is 10.6 Å². The Bertz CT molecular complexity index is 325. The van der Waals surface area contributed by atoms with Crippen molar-refractivity contribution < 1.29 is 13.2 Å². The number of hydrogen-bond acceptors (Lipinski definition) is 1. The fraction of sp³-hybridized carbons (Fsp3) is 0.250. The maximum Gasteiger partial charge on any atom is 0.446 e. The van der Waals surface area contributed by atoms with E-state index in [1.165, 1.54) is 18.2 Å². The number of benzene rings is 1. The second-order valence-corrected chi connectivity index (χ2v) is 4.25. The highest BCUT2D eigenvalue weighted by atomic mass is 35.5. The molecule has 0 fully saturated rings. The van der Waals surface area contributed by atoms with Gasteiger partial charge >= 0.3 is 5.51 Å². The molecule has 14 heavy (non-hydrogen) atoms. The first-order chi connectivity index (χ1) is 6.42. The van der Waals surface area contributed by atoms with E-state index in [2.05, 4.69) is 0 Å². The number of halogens is 5. The van der Waals surface area contributed by atoms with Gasteiger partial charge in [0.25, 0.3) is 0 Å². The summed E-state index contributed by atoms with van der Waals surface area (Å²) < 4.78 is 35.9. The van der Waals surface area contributed by atoms with Gasteiger partial charge in [0.05, 0.1) is 0 Å². The third kappa shape index (κ3) is 3.59. The molecule has 0 bridgehead atoms. The van der Waals surface area contributed by atoms with Crippen LogP contribution in [0.5, 0.6) is 0 Å². The monoisotopic (exact) mass is 260 g/mol. The zero-order valence-corrected chi connectivity index (χ0v) is 9.07. The standard InChI is InChI=1S/C8H5Cl2F3S/c9-4-5-3-6(1-2-7(5)10)14-8(11,12)13/h1-3H,4H2. The first-order valence-corrected chi connectivity index (χ1v) is 5.25. The molecule has 0 spiro atoms. The molecule has 0 unspecified atom stereocenters. The molecular formula is C8H5Cl2F3S. The predicted octanol–water partition coefficient (Wildman–Crippen LogP) is 4.69. The summed E-state index contributed by atoms with van der Waals surface area (Å²) in [5.41, 5.74) is -3.78. The van der Waals surface area contributed by atoms with E-state index >= 15 is 0 Å². The molecule has 0 aliphatic carbocycles. The van der Waals surface area contributed by atoms with Gasteiger partial charge in [-0.1, -0.05) is 11.6 Å². The Morgan fingerprint density at radius 1 is 1.29 bits per heavy atom. The van der Waals surface area contributed by atoms with Gasteiger partial charge in [-0.2, -0.15) is 13.2 Å². The molecule has 0 heterocycles. The van der Waals surface area contributed by atoms with Crippen molar-refractivity contribution >= 4 is 35.0 Å². The van der Waals surface area contributed by atoms with Crippen LogP contribution in [0.2, 0.25) is 5.02 Å². The van der Waals surface area contributed by atoms with Gasteiger partial charge in [-0.05, 0) is 35.5 Å². The summed E-state index contributed by atoms with van der Waals surface area (Å²) in [6.07, 6.45) is 0. The molecule has 1 rings (SSSR count). The van der Waals surface area contributed by atoms with Crippen LogP contribution >= 0.6 is 35.0 Å². The summed E-state index contributed by atoms with van der Waals surface area (Å²) in [7, 11) is 0. The Morgan fingerprint density at radius 3 is 2.43 bits per heavy atom. The molecule has 0 saturated carbocycles. The molecule has 0 aliphatic rings. The van der Waals surface area contributed by atoms with E-state index in [4.69, 9.17) is 23.2 Å². The normalized spacial score (nSPS) is 11.8. The molecule has 1 aromatic carbocycles. The molecule has 0 aromatic heterocycles. The minimum absolute atomic E-state index is 0.0950. The van der Waals surface area contributed by atoms with Crippen LogP contribution in [0.1, 0.15) is 5.56 Å². The average molecular weight is 261 g/mol. The lowest BCUT2D eigenvalue weighted by molar-refractivity contribution is -0.0328. The Morgan fingerprint density at radius 2 is 1.93 bits per heavy atom. The number of hydrogen-bond donors (Lipinski definition) is 0. The summed E-state index contributed by atoms with van der Waals surface area (Å²) in [6, 6.07) is 4.07. The minimum Gasteiger partial charge on any atom is -0.160 e. The molecule has 0 atom stereocenters. The van der Waals surface area contributed by atoms with Crippen molar-refractivity contribution in [1.29, 1.82) is 0 Å². The average Bonchev–Trinajstić information content (AvgIpc) is 2.06. The molecular weight excluding hydrogens is 256 g/mol.